The van der Waals surface area contributed by atoms with Crippen LogP contribution in [0.1, 0.15) is 32.6 Å². The number of rotatable bonds is 10. The first-order valence-corrected chi connectivity index (χ1v) is 13.2. The molecule has 34 heavy (non-hydrogen) atoms. The number of hydrogen-bond donors (Lipinski definition) is 3. The van der Waals surface area contributed by atoms with Crippen molar-refractivity contribution in [2.45, 2.75) is 56.1 Å². The highest BCUT2D eigenvalue weighted by Gasteiger charge is 2.39. The van der Waals surface area contributed by atoms with Gasteiger partial charge in [-0.2, -0.15) is 10.1 Å². The first-order valence-electron chi connectivity index (χ1n) is 10.7. The normalized spacial score (nSPS) is 22.8. The third-order valence-corrected chi connectivity index (χ3v) is 7.92. The molecule has 0 saturated carbocycles. The van der Waals surface area contributed by atoms with Gasteiger partial charge >= 0.3 is 19.4 Å². The summed E-state index contributed by atoms with van der Waals surface area (Å²) in [5.41, 5.74) is 4.96. The number of aliphatic hydroxyl groups is 1. The molecule has 2 aromatic rings. The maximum Gasteiger partial charge on any atom is 0.459 e. The Morgan fingerprint density at radius 3 is 2.68 bits per heavy atom. The smallest absolute Gasteiger partial charge is 0.459 e. The molecular formula is C21H29N4O7PS. The summed E-state index contributed by atoms with van der Waals surface area (Å²) >= 11 is 1.28. The van der Waals surface area contributed by atoms with Crippen LogP contribution in [0.25, 0.3) is 0 Å². The van der Waals surface area contributed by atoms with E-state index in [9.17, 15) is 19.3 Å². The van der Waals surface area contributed by atoms with E-state index in [2.05, 4.69) is 10.1 Å². The molecule has 1 aromatic heterocycles. The minimum absolute atomic E-state index is 0.0710. The number of thioether (sulfide) groups is 1. The Hall–Kier alpha value is -2.37. The highest BCUT2D eigenvalue weighted by Crippen LogP contribution is 2.48. The molecule has 1 aromatic carbocycles. The lowest BCUT2D eigenvalue weighted by molar-refractivity contribution is -0.149. The van der Waals surface area contributed by atoms with Crippen LogP contribution in [0.15, 0.2) is 47.4 Å². The number of hydrogen-bond acceptors (Lipinski definition) is 10. The lowest BCUT2D eigenvalue weighted by atomic mass is 10.2. The maximum atomic E-state index is 13.6. The summed E-state index contributed by atoms with van der Waals surface area (Å²) in [4.78, 5) is 28.1. The Morgan fingerprint density at radius 1 is 1.32 bits per heavy atom. The Balaban J connectivity index is 1.70. The molecule has 5 unspecified atom stereocenters. The molecule has 5 atom stereocenters. The molecule has 1 saturated heterocycles. The minimum atomic E-state index is -4.02. The number of nitrogens with two attached hydrogens (primary N) is 1. The number of nitrogen functional groups attached to an aromatic ring is 1. The molecule has 0 radical (unpaired) electrons. The Morgan fingerprint density at radius 2 is 2.03 bits per heavy atom. The number of nitrogens with zero attached hydrogens (tertiary/aromatic N) is 2. The zero-order valence-corrected chi connectivity index (χ0v) is 20.8. The highest BCUT2D eigenvalue weighted by atomic mass is 32.2. The molecule has 1 fully saturated rings. The van der Waals surface area contributed by atoms with E-state index < -0.39 is 36.9 Å². The van der Waals surface area contributed by atoms with E-state index >= 15 is 0 Å². The van der Waals surface area contributed by atoms with Gasteiger partial charge in [0, 0.05) is 11.4 Å². The fourth-order valence-electron chi connectivity index (χ4n) is 3.22. The number of para-hydroxylation sites is 1. The zero-order valence-electron chi connectivity index (χ0n) is 19.1. The summed E-state index contributed by atoms with van der Waals surface area (Å²) < 4.78 is 31.3. The molecule has 13 heteroatoms. The predicted octanol–water partition coefficient (Wildman–Crippen LogP) is 2.32. The second-order valence-corrected chi connectivity index (χ2v) is 11.1. The van der Waals surface area contributed by atoms with Crippen LogP contribution in [0.2, 0.25) is 0 Å². The fourth-order valence-corrected chi connectivity index (χ4v) is 6.29. The van der Waals surface area contributed by atoms with E-state index in [1.807, 2.05) is 0 Å². The number of ether oxygens (including phenoxy) is 1. The SMILES string of the molecule is CC(C)OC(=O)C(C)NP(=O)(OCC1CC(O)C(n2ccc(N)nc2=O)S1)Oc1ccccc1. The number of carbonyl (C=O) groups excluding carboxylic acids is 1. The van der Waals surface area contributed by atoms with Crippen LogP contribution in [-0.4, -0.2) is 50.7 Å². The fraction of sp³-hybridized carbons (Fsp3) is 0.476. The molecule has 0 aliphatic carbocycles. The van der Waals surface area contributed by atoms with Gasteiger partial charge in [-0.3, -0.25) is 13.9 Å². The van der Waals surface area contributed by atoms with E-state index in [1.165, 1.54) is 35.5 Å². The number of benzene rings is 1. The zero-order chi connectivity index (χ0) is 24.9. The third-order valence-electron chi connectivity index (χ3n) is 4.75. The molecule has 11 nitrogen and oxygen atoms in total. The third kappa shape index (κ3) is 7.07. The van der Waals surface area contributed by atoms with Crippen molar-refractivity contribution in [1.29, 1.82) is 0 Å². The first kappa shape index (κ1) is 26.2. The molecule has 2 heterocycles. The van der Waals surface area contributed by atoms with Crippen LogP contribution >= 0.6 is 19.5 Å². The van der Waals surface area contributed by atoms with Crippen molar-refractivity contribution < 1.29 is 28.3 Å². The van der Waals surface area contributed by atoms with Gasteiger partial charge in [0.2, 0.25) is 0 Å². The molecule has 0 bridgehead atoms. The summed E-state index contributed by atoms with van der Waals surface area (Å²) in [5, 5.41) is 12.2. The summed E-state index contributed by atoms with van der Waals surface area (Å²) in [6.45, 7) is 4.85. The summed E-state index contributed by atoms with van der Waals surface area (Å²) in [7, 11) is -4.02. The van der Waals surface area contributed by atoms with Crippen molar-refractivity contribution in [3.63, 3.8) is 0 Å². The van der Waals surface area contributed by atoms with E-state index in [0.29, 0.717) is 5.75 Å². The van der Waals surface area contributed by atoms with E-state index in [4.69, 9.17) is 19.5 Å². The van der Waals surface area contributed by atoms with Crippen molar-refractivity contribution in [3.8, 4) is 5.75 Å². The van der Waals surface area contributed by atoms with Gasteiger partial charge in [-0.1, -0.05) is 18.2 Å². The predicted molar refractivity (Wildman–Crippen MR) is 128 cm³/mol. The average Bonchev–Trinajstić information content (AvgIpc) is 3.13. The second-order valence-electron chi connectivity index (χ2n) is 8.03. The number of anilines is 1. The van der Waals surface area contributed by atoms with Crippen LogP contribution in [0.3, 0.4) is 0 Å². The Bertz CT molecular complexity index is 1080. The number of aromatic nitrogens is 2. The van der Waals surface area contributed by atoms with Crippen molar-refractivity contribution in [1.82, 2.24) is 14.6 Å². The molecule has 1 aliphatic heterocycles. The summed E-state index contributed by atoms with van der Waals surface area (Å²) in [6.07, 6.45) is 0.556. The standard InChI is InChI=1S/C21H29N4O7PS/c1-13(2)31-20(27)14(3)24-33(29,32-15-7-5-4-6-8-15)30-12-16-11-17(26)19(34-16)25-10-9-18(22)23-21(25)28/h4-10,13-14,16-17,19,26H,11-12H2,1-3H3,(H,24,29)(H2,22,23,28). The molecule has 1 aliphatic rings. The number of esters is 1. The van der Waals surface area contributed by atoms with Gasteiger partial charge in [-0.15, -0.1) is 11.8 Å². The molecular weight excluding hydrogens is 483 g/mol. The van der Waals surface area contributed by atoms with Crippen molar-refractivity contribution in [2.75, 3.05) is 12.3 Å². The Kier molecular flexibility index (Phi) is 8.78. The monoisotopic (exact) mass is 512 g/mol. The van der Waals surface area contributed by atoms with Gasteiger partial charge in [-0.25, -0.2) is 9.36 Å². The van der Waals surface area contributed by atoms with Crippen LogP contribution in [0.5, 0.6) is 5.75 Å². The van der Waals surface area contributed by atoms with Crippen molar-refractivity contribution in [2.24, 2.45) is 0 Å². The lowest BCUT2D eigenvalue weighted by Crippen LogP contribution is -2.36. The molecule has 0 spiro atoms. The molecule has 3 rings (SSSR count). The maximum absolute atomic E-state index is 13.6. The van der Waals surface area contributed by atoms with Crippen molar-refractivity contribution in [3.05, 3.63) is 53.1 Å². The Labute approximate surface area is 201 Å². The minimum Gasteiger partial charge on any atom is -0.462 e. The van der Waals surface area contributed by atoms with Crippen LogP contribution in [-0.2, 0) is 18.6 Å². The van der Waals surface area contributed by atoms with Gasteiger partial charge in [0.05, 0.1) is 18.8 Å². The first-order chi connectivity index (χ1) is 16.1. The van der Waals surface area contributed by atoms with Crippen molar-refractivity contribution >= 4 is 31.3 Å². The van der Waals surface area contributed by atoms with Gasteiger partial charge < -0.3 is 20.1 Å². The van der Waals surface area contributed by atoms with Gasteiger partial charge in [-0.05, 0) is 45.4 Å². The van der Waals surface area contributed by atoms with E-state index in [1.54, 1.807) is 44.2 Å². The van der Waals surface area contributed by atoms with Crippen LogP contribution < -0.4 is 21.0 Å². The van der Waals surface area contributed by atoms with Gasteiger partial charge in [0.25, 0.3) is 0 Å². The quantitative estimate of drug-likeness (QED) is 0.317. The summed E-state index contributed by atoms with van der Waals surface area (Å²) in [6, 6.07) is 8.93. The number of nitrogens with one attached hydrogen (secondary N) is 1. The molecule has 0 amide bonds. The summed E-state index contributed by atoms with van der Waals surface area (Å²) in [5.74, 6) is -0.218. The van der Waals surface area contributed by atoms with E-state index in [-0.39, 0.29) is 30.2 Å². The van der Waals surface area contributed by atoms with Crippen LogP contribution in [0.4, 0.5) is 5.82 Å². The van der Waals surface area contributed by atoms with E-state index in [0.717, 1.165) is 0 Å². The number of carbonyl (C=O) groups is 1. The van der Waals surface area contributed by atoms with Crippen LogP contribution in [0, 0.1) is 0 Å². The molecule has 186 valence electrons. The van der Waals surface area contributed by atoms with Gasteiger partial charge in [0.1, 0.15) is 23.0 Å². The lowest BCUT2D eigenvalue weighted by Gasteiger charge is -2.24. The number of aliphatic hydroxyl groups excluding tert-OH is 1. The second kappa shape index (κ2) is 11.4. The topological polar surface area (TPSA) is 155 Å². The molecule has 4 N–H and O–H groups in total. The largest absolute Gasteiger partial charge is 0.462 e. The highest BCUT2D eigenvalue weighted by molar-refractivity contribution is 8.00. The average molecular weight is 513 g/mol. The van der Waals surface area contributed by atoms with Gasteiger partial charge in [0.15, 0.2) is 0 Å².